The quantitative estimate of drug-likeness (QED) is 0.780. The predicted molar refractivity (Wildman–Crippen MR) is 109 cm³/mol. The summed E-state index contributed by atoms with van der Waals surface area (Å²) in [4.78, 5) is 29.2. The van der Waals surface area contributed by atoms with Gasteiger partial charge in [0.05, 0.1) is 0 Å². The number of carbonyl (C=O) groups excluding carboxylic acids is 2. The van der Waals surface area contributed by atoms with Gasteiger partial charge in [-0.05, 0) is 43.9 Å². The van der Waals surface area contributed by atoms with E-state index in [1.807, 2.05) is 65.3 Å². The topological polar surface area (TPSA) is 40.6 Å². The molecule has 0 N–H and O–H groups in total. The van der Waals surface area contributed by atoms with E-state index in [9.17, 15) is 9.59 Å². The van der Waals surface area contributed by atoms with Gasteiger partial charge >= 0.3 is 0 Å². The smallest absolute Gasteiger partial charge is 0.230 e. The van der Waals surface area contributed by atoms with E-state index >= 15 is 0 Å². The maximum atomic E-state index is 12.9. The van der Waals surface area contributed by atoms with E-state index in [-0.39, 0.29) is 17.7 Å². The molecule has 3 rings (SSSR count). The van der Waals surface area contributed by atoms with Crippen molar-refractivity contribution in [1.82, 2.24) is 4.90 Å². The lowest BCUT2D eigenvalue weighted by Gasteiger charge is -2.34. The molecule has 2 aromatic carbocycles. The van der Waals surface area contributed by atoms with Gasteiger partial charge in [-0.2, -0.15) is 0 Å². The van der Waals surface area contributed by atoms with Crippen LogP contribution in [-0.2, 0) is 16.0 Å². The third-order valence-electron chi connectivity index (χ3n) is 5.32. The molecule has 0 aromatic heterocycles. The van der Waals surface area contributed by atoms with Crippen LogP contribution in [0.4, 0.5) is 5.69 Å². The number of amides is 2. The van der Waals surface area contributed by atoms with Crippen molar-refractivity contribution in [1.29, 1.82) is 0 Å². The van der Waals surface area contributed by atoms with E-state index < -0.39 is 0 Å². The van der Waals surface area contributed by atoms with Crippen molar-refractivity contribution in [3.8, 4) is 0 Å². The fourth-order valence-corrected chi connectivity index (χ4v) is 3.72. The molecule has 0 radical (unpaired) electrons. The van der Waals surface area contributed by atoms with Crippen LogP contribution in [0.1, 0.15) is 31.7 Å². The highest BCUT2D eigenvalue weighted by Gasteiger charge is 2.30. The van der Waals surface area contributed by atoms with E-state index in [0.717, 1.165) is 24.9 Å². The van der Waals surface area contributed by atoms with Gasteiger partial charge in [0.15, 0.2) is 0 Å². The number of anilines is 1. The van der Waals surface area contributed by atoms with Crippen LogP contribution in [0, 0.1) is 5.92 Å². The molecule has 0 spiro atoms. The largest absolute Gasteiger partial charge is 0.343 e. The van der Waals surface area contributed by atoms with Gasteiger partial charge in [-0.25, -0.2) is 0 Å². The Morgan fingerprint density at radius 1 is 0.963 bits per heavy atom. The number of hydrogen-bond donors (Lipinski definition) is 0. The Labute approximate surface area is 161 Å². The summed E-state index contributed by atoms with van der Waals surface area (Å²) in [7, 11) is 0. The fraction of sp³-hybridized carbons (Fsp3) is 0.391. The van der Waals surface area contributed by atoms with Crippen molar-refractivity contribution in [3.63, 3.8) is 0 Å². The van der Waals surface area contributed by atoms with Gasteiger partial charge in [-0.1, -0.05) is 48.5 Å². The second-order valence-corrected chi connectivity index (χ2v) is 7.06. The Balaban J connectivity index is 1.50. The Hall–Kier alpha value is -2.62. The van der Waals surface area contributed by atoms with Gasteiger partial charge in [-0.15, -0.1) is 0 Å². The lowest BCUT2D eigenvalue weighted by molar-refractivity contribution is -0.134. The normalized spacial score (nSPS) is 14.8. The minimum absolute atomic E-state index is 0.00308. The minimum atomic E-state index is 0.00308. The Kier molecular flexibility index (Phi) is 6.64. The standard InChI is InChI=1S/C23H28N2O2/c1-2-25(21-11-7-4-8-12-21)23(27)20-15-17-24(18-16-20)22(26)14-13-19-9-5-3-6-10-19/h3-12,20H,2,13-18H2,1H3. The van der Waals surface area contributed by atoms with E-state index in [1.54, 1.807) is 0 Å². The number of para-hydroxylation sites is 1. The first kappa shape index (κ1) is 19.2. The second kappa shape index (κ2) is 9.36. The molecule has 2 aromatic rings. The molecule has 142 valence electrons. The molecular formula is C23H28N2O2. The van der Waals surface area contributed by atoms with Crippen LogP contribution < -0.4 is 4.90 Å². The molecule has 4 heteroatoms. The maximum Gasteiger partial charge on any atom is 0.230 e. The molecule has 1 fully saturated rings. The van der Waals surface area contributed by atoms with E-state index in [1.165, 1.54) is 5.56 Å². The van der Waals surface area contributed by atoms with Crippen LogP contribution in [0.25, 0.3) is 0 Å². The van der Waals surface area contributed by atoms with Gasteiger partial charge in [0.1, 0.15) is 0 Å². The first-order valence-corrected chi connectivity index (χ1v) is 9.87. The molecule has 4 nitrogen and oxygen atoms in total. The zero-order valence-electron chi connectivity index (χ0n) is 16.0. The van der Waals surface area contributed by atoms with Crippen LogP contribution in [0.5, 0.6) is 0 Å². The third kappa shape index (κ3) is 4.97. The number of piperidine rings is 1. The minimum Gasteiger partial charge on any atom is -0.343 e. The molecule has 0 bridgehead atoms. The average Bonchev–Trinajstić information content (AvgIpc) is 2.74. The van der Waals surface area contributed by atoms with Crippen LogP contribution in [-0.4, -0.2) is 36.3 Å². The summed E-state index contributed by atoms with van der Waals surface area (Å²) in [5, 5.41) is 0. The van der Waals surface area contributed by atoms with Crippen LogP contribution >= 0.6 is 0 Å². The first-order chi connectivity index (χ1) is 13.2. The molecule has 1 aliphatic heterocycles. The van der Waals surface area contributed by atoms with Crippen molar-refractivity contribution >= 4 is 17.5 Å². The Morgan fingerprint density at radius 2 is 1.56 bits per heavy atom. The fourth-order valence-electron chi connectivity index (χ4n) is 3.72. The maximum absolute atomic E-state index is 12.9. The highest BCUT2D eigenvalue weighted by Crippen LogP contribution is 2.24. The third-order valence-corrected chi connectivity index (χ3v) is 5.32. The summed E-state index contributed by atoms with van der Waals surface area (Å²) < 4.78 is 0. The van der Waals surface area contributed by atoms with Gasteiger partial charge < -0.3 is 9.80 Å². The zero-order chi connectivity index (χ0) is 19.1. The van der Waals surface area contributed by atoms with Crippen molar-refractivity contribution in [2.45, 2.75) is 32.6 Å². The molecule has 0 atom stereocenters. The summed E-state index contributed by atoms with van der Waals surface area (Å²) in [5.74, 6) is 0.378. The number of benzene rings is 2. The van der Waals surface area contributed by atoms with Crippen molar-refractivity contribution in [2.75, 3.05) is 24.5 Å². The summed E-state index contributed by atoms with van der Waals surface area (Å²) in [6.07, 6.45) is 2.81. The zero-order valence-corrected chi connectivity index (χ0v) is 16.0. The summed E-state index contributed by atoms with van der Waals surface area (Å²) in [5.41, 5.74) is 2.14. The SMILES string of the molecule is CCN(C(=O)C1CCN(C(=O)CCc2ccccc2)CC1)c1ccccc1. The number of hydrogen-bond acceptors (Lipinski definition) is 2. The number of likely N-dealkylation sites (tertiary alicyclic amines) is 1. The first-order valence-electron chi connectivity index (χ1n) is 9.87. The number of aryl methyl sites for hydroxylation is 1. The van der Waals surface area contributed by atoms with Crippen molar-refractivity contribution in [3.05, 3.63) is 66.2 Å². The second-order valence-electron chi connectivity index (χ2n) is 7.06. The lowest BCUT2D eigenvalue weighted by atomic mass is 9.94. The molecule has 0 saturated carbocycles. The molecule has 2 amide bonds. The molecule has 1 heterocycles. The molecule has 1 saturated heterocycles. The van der Waals surface area contributed by atoms with Crippen molar-refractivity contribution < 1.29 is 9.59 Å². The van der Waals surface area contributed by atoms with Gasteiger partial charge in [0.2, 0.25) is 11.8 Å². The van der Waals surface area contributed by atoms with Crippen molar-refractivity contribution in [2.24, 2.45) is 5.92 Å². The van der Waals surface area contributed by atoms with Crippen LogP contribution in [0.2, 0.25) is 0 Å². The molecule has 0 unspecified atom stereocenters. The van der Waals surface area contributed by atoms with Gasteiger partial charge in [-0.3, -0.25) is 9.59 Å². The monoisotopic (exact) mass is 364 g/mol. The average molecular weight is 364 g/mol. The summed E-state index contributed by atoms with van der Waals surface area (Å²) in [6, 6.07) is 19.9. The number of nitrogens with zero attached hydrogens (tertiary/aromatic N) is 2. The molecule has 1 aliphatic rings. The molecule has 27 heavy (non-hydrogen) atoms. The van der Waals surface area contributed by atoms with E-state index in [4.69, 9.17) is 0 Å². The van der Waals surface area contributed by atoms with E-state index in [0.29, 0.717) is 26.1 Å². The molecule has 0 aliphatic carbocycles. The number of rotatable bonds is 6. The Morgan fingerprint density at radius 3 is 2.15 bits per heavy atom. The lowest BCUT2D eigenvalue weighted by Crippen LogP contribution is -2.44. The van der Waals surface area contributed by atoms with Gasteiger partial charge in [0.25, 0.3) is 0 Å². The van der Waals surface area contributed by atoms with E-state index in [2.05, 4.69) is 12.1 Å². The summed E-state index contributed by atoms with van der Waals surface area (Å²) >= 11 is 0. The highest BCUT2D eigenvalue weighted by atomic mass is 16.2. The Bertz CT molecular complexity index is 737. The predicted octanol–water partition coefficient (Wildman–Crippen LogP) is 3.91. The summed E-state index contributed by atoms with van der Waals surface area (Å²) in [6.45, 7) is 4.03. The van der Waals surface area contributed by atoms with Crippen LogP contribution in [0.3, 0.4) is 0 Å². The number of carbonyl (C=O) groups is 2. The van der Waals surface area contributed by atoms with Crippen LogP contribution in [0.15, 0.2) is 60.7 Å². The molecular weight excluding hydrogens is 336 g/mol. The van der Waals surface area contributed by atoms with Gasteiger partial charge in [0, 0.05) is 37.7 Å². The highest BCUT2D eigenvalue weighted by molar-refractivity contribution is 5.95.